The van der Waals surface area contributed by atoms with Gasteiger partial charge in [0, 0.05) is 17.8 Å². The van der Waals surface area contributed by atoms with Gasteiger partial charge in [-0.25, -0.2) is 8.78 Å². The van der Waals surface area contributed by atoms with E-state index in [0.717, 1.165) is 11.6 Å². The van der Waals surface area contributed by atoms with Gasteiger partial charge >= 0.3 is 0 Å². The molecule has 0 aliphatic carbocycles. The maximum Gasteiger partial charge on any atom is 0.135 e. The maximum absolute atomic E-state index is 13.6. The average Bonchev–Trinajstić information content (AvgIpc) is 2.29. The van der Waals surface area contributed by atoms with Crippen LogP contribution >= 0.6 is 0 Å². The van der Waals surface area contributed by atoms with E-state index < -0.39 is 11.6 Å². The number of hydrogen-bond acceptors (Lipinski definition) is 1. The Morgan fingerprint density at radius 1 is 1.06 bits per heavy atom. The van der Waals surface area contributed by atoms with Crippen LogP contribution < -0.4 is 0 Å². The molecule has 0 spiro atoms. The van der Waals surface area contributed by atoms with Crippen LogP contribution in [0.5, 0.6) is 0 Å². The van der Waals surface area contributed by atoms with E-state index in [1.165, 1.54) is 12.1 Å². The first-order chi connectivity index (χ1) is 8.08. The molecule has 1 nitrogen and oxygen atoms in total. The molecule has 0 radical (unpaired) electrons. The van der Waals surface area contributed by atoms with Gasteiger partial charge in [0.2, 0.25) is 0 Å². The fourth-order valence-electron chi connectivity index (χ4n) is 1.65. The second-order valence-corrected chi connectivity index (χ2v) is 4.25. The lowest BCUT2D eigenvalue weighted by molar-refractivity contribution is 0.585. The first-order valence-corrected chi connectivity index (χ1v) is 5.49. The molecule has 0 aliphatic rings. The molecule has 17 heavy (non-hydrogen) atoms. The molecule has 88 valence electrons. The third-order valence-corrected chi connectivity index (χ3v) is 2.66. The molecular formula is C14H13F2N. The number of pyridine rings is 1. The van der Waals surface area contributed by atoms with E-state index in [-0.39, 0.29) is 0 Å². The predicted molar refractivity (Wildman–Crippen MR) is 63.7 cm³/mol. The largest absolute Gasteiger partial charge is 0.256 e. The van der Waals surface area contributed by atoms with E-state index in [2.05, 4.69) is 18.8 Å². The average molecular weight is 233 g/mol. The number of aromatic nitrogens is 1. The first-order valence-electron chi connectivity index (χ1n) is 5.49. The first kappa shape index (κ1) is 11.7. The highest BCUT2D eigenvalue weighted by Gasteiger charge is 2.09. The van der Waals surface area contributed by atoms with Crippen molar-refractivity contribution in [2.45, 2.75) is 19.8 Å². The summed E-state index contributed by atoms with van der Waals surface area (Å²) < 4.78 is 26.4. The second kappa shape index (κ2) is 4.62. The van der Waals surface area contributed by atoms with Crippen LogP contribution in [0.4, 0.5) is 8.78 Å². The smallest absolute Gasteiger partial charge is 0.135 e. The minimum Gasteiger partial charge on any atom is -0.256 e. The molecule has 1 aromatic heterocycles. The highest BCUT2D eigenvalue weighted by molar-refractivity contribution is 5.60. The molecular weight excluding hydrogens is 220 g/mol. The van der Waals surface area contributed by atoms with E-state index >= 15 is 0 Å². The van der Waals surface area contributed by atoms with E-state index in [1.807, 2.05) is 12.1 Å². The van der Waals surface area contributed by atoms with Crippen molar-refractivity contribution < 1.29 is 8.78 Å². The Morgan fingerprint density at radius 2 is 1.82 bits per heavy atom. The summed E-state index contributed by atoms with van der Waals surface area (Å²) in [5.74, 6) is -0.815. The molecule has 2 rings (SSSR count). The van der Waals surface area contributed by atoms with Gasteiger partial charge in [-0.15, -0.1) is 0 Å². The monoisotopic (exact) mass is 233 g/mol. The Kier molecular flexibility index (Phi) is 3.18. The zero-order valence-corrected chi connectivity index (χ0v) is 9.74. The second-order valence-electron chi connectivity index (χ2n) is 4.25. The summed E-state index contributed by atoms with van der Waals surface area (Å²) in [5.41, 5.74) is 1.95. The summed E-state index contributed by atoms with van der Waals surface area (Å²) >= 11 is 0. The minimum absolute atomic E-state index is 0.328. The van der Waals surface area contributed by atoms with E-state index in [0.29, 0.717) is 17.2 Å². The van der Waals surface area contributed by atoms with Crippen molar-refractivity contribution in [1.82, 2.24) is 4.98 Å². The van der Waals surface area contributed by atoms with Crippen molar-refractivity contribution in [3.8, 4) is 11.3 Å². The lowest BCUT2D eigenvalue weighted by Gasteiger charge is -2.08. The van der Waals surface area contributed by atoms with Crippen LogP contribution in [0.1, 0.15) is 25.3 Å². The maximum atomic E-state index is 13.6. The molecule has 0 unspecified atom stereocenters. The Morgan fingerprint density at radius 3 is 2.47 bits per heavy atom. The summed E-state index contributed by atoms with van der Waals surface area (Å²) in [4.78, 5) is 4.12. The third kappa shape index (κ3) is 2.49. The number of nitrogens with zero attached hydrogens (tertiary/aromatic N) is 1. The van der Waals surface area contributed by atoms with Crippen molar-refractivity contribution in [1.29, 1.82) is 0 Å². The van der Waals surface area contributed by atoms with Gasteiger partial charge in [-0.2, -0.15) is 0 Å². The van der Waals surface area contributed by atoms with Gasteiger partial charge in [0.1, 0.15) is 11.6 Å². The van der Waals surface area contributed by atoms with Gasteiger partial charge in [0.05, 0.1) is 5.69 Å². The number of rotatable bonds is 2. The fourth-order valence-corrected chi connectivity index (χ4v) is 1.65. The molecule has 3 heteroatoms. The standard InChI is InChI=1S/C14H13F2N/c1-9(2)10-5-6-17-14(7-10)12-4-3-11(15)8-13(12)16/h3-9H,1-2H3. The lowest BCUT2D eigenvalue weighted by atomic mass is 10.0. The van der Waals surface area contributed by atoms with Crippen molar-refractivity contribution in [3.63, 3.8) is 0 Å². The topological polar surface area (TPSA) is 12.9 Å². The summed E-state index contributed by atoms with van der Waals surface area (Å²) in [5, 5.41) is 0. The zero-order chi connectivity index (χ0) is 12.4. The van der Waals surface area contributed by atoms with Gasteiger partial charge in [0.15, 0.2) is 0 Å². The molecule has 0 aliphatic heterocycles. The molecule has 0 N–H and O–H groups in total. The molecule has 2 aromatic rings. The van der Waals surface area contributed by atoms with Gasteiger partial charge in [-0.1, -0.05) is 13.8 Å². The number of halogens is 2. The zero-order valence-electron chi connectivity index (χ0n) is 9.74. The molecule has 1 aromatic carbocycles. The predicted octanol–water partition coefficient (Wildman–Crippen LogP) is 4.15. The summed E-state index contributed by atoms with van der Waals surface area (Å²) in [6, 6.07) is 7.26. The van der Waals surface area contributed by atoms with Crippen molar-refractivity contribution in [2.24, 2.45) is 0 Å². The minimum atomic E-state index is -0.585. The number of hydrogen-bond donors (Lipinski definition) is 0. The van der Waals surface area contributed by atoms with E-state index in [9.17, 15) is 8.78 Å². The number of benzene rings is 1. The molecule has 1 heterocycles. The molecule has 0 fully saturated rings. The molecule has 0 atom stereocenters. The highest BCUT2D eigenvalue weighted by Crippen LogP contribution is 2.24. The molecule has 0 saturated carbocycles. The Hall–Kier alpha value is -1.77. The van der Waals surface area contributed by atoms with E-state index in [1.54, 1.807) is 6.20 Å². The van der Waals surface area contributed by atoms with Crippen LogP contribution in [0.15, 0.2) is 36.5 Å². The normalized spacial score (nSPS) is 10.9. The Balaban J connectivity index is 2.49. The van der Waals surface area contributed by atoms with Gasteiger partial charge in [0.25, 0.3) is 0 Å². The van der Waals surface area contributed by atoms with Crippen molar-refractivity contribution in [3.05, 3.63) is 53.7 Å². The lowest BCUT2D eigenvalue weighted by Crippen LogP contribution is -1.93. The SMILES string of the molecule is CC(C)c1ccnc(-c2ccc(F)cc2F)c1. The quantitative estimate of drug-likeness (QED) is 0.759. The van der Waals surface area contributed by atoms with Crippen LogP contribution in [0.25, 0.3) is 11.3 Å². The Bertz CT molecular complexity index is 535. The van der Waals surface area contributed by atoms with Crippen LogP contribution in [-0.2, 0) is 0 Å². The van der Waals surface area contributed by atoms with Crippen LogP contribution in [0, 0.1) is 11.6 Å². The van der Waals surface area contributed by atoms with Gasteiger partial charge in [-0.05, 0) is 35.7 Å². The molecule has 0 saturated heterocycles. The van der Waals surface area contributed by atoms with Crippen molar-refractivity contribution in [2.75, 3.05) is 0 Å². The van der Waals surface area contributed by atoms with Crippen LogP contribution in [0.2, 0.25) is 0 Å². The van der Waals surface area contributed by atoms with Crippen molar-refractivity contribution >= 4 is 0 Å². The van der Waals surface area contributed by atoms with Crippen LogP contribution in [0.3, 0.4) is 0 Å². The summed E-state index contributed by atoms with van der Waals surface area (Å²) in [6.45, 7) is 4.11. The van der Waals surface area contributed by atoms with E-state index in [4.69, 9.17) is 0 Å². The molecule has 0 amide bonds. The van der Waals surface area contributed by atoms with Crippen LogP contribution in [-0.4, -0.2) is 4.98 Å². The Labute approximate surface area is 99.1 Å². The summed E-state index contributed by atoms with van der Waals surface area (Å²) in [7, 11) is 0. The third-order valence-electron chi connectivity index (χ3n) is 2.66. The highest BCUT2D eigenvalue weighted by atomic mass is 19.1. The fraction of sp³-hybridized carbons (Fsp3) is 0.214. The summed E-state index contributed by atoms with van der Waals surface area (Å²) in [6.07, 6.45) is 1.65. The molecule has 0 bridgehead atoms. The van der Waals surface area contributed by atoms with Gasteiger partial charge < -0.3 is 0 Å². The van der Waals surface area contributed by atoms with Gasteiger partial charge in [-0.3, -0.25) is 4.98 Å².